The van der Waals surface area contributed by atoms with Gasteiger partial charge in [-0.3, -0.25) is 4.79 Å². The molecule has 1 fully saturated rings. The van der Waals surface area contributed by atoms with E-state index in [9.17, 15) is 14.7 Å². The first-order chi connectivity index (χ1) is 17.4. The Balaban J connectivity index is 0.000000604. The number of hydrogen-bond donors (Lipinski definition) is 2. The minimum Gasteiger partial charge on any atom is -0.491 e. The molecule has 1 aliphatic heterocycles. The molecule has 0 amide bonds. The lowest BCUT2D eigenvalue weighted by Crippen LogP contribution is -2.25. The van der Waals surface area contributed by atoms with E-state index < -0.39 is 11.6 Å². The molecule has 1 unspecified atom stereocenters. The van der Waals surface area contributed by atoms with E-state index in [1.54, 1.807) is 20.8 Å². The maximum absolute atomic E-state index is 12.8. The van der Waals surface area contributed by atoms with Crippen molar-refractivity contribution in [1.82, 2.24) is 15.3 Å². The fraction of sp³-hybridized carbons (Fsp3) is 0.571. The molecule has 2 N–H and O–H groups in total. The van der Waals surface area contributed by atoms with Crippen molar-refractivity contribution in [3.05, 3.63) is 47.4 Å². The first kappa shape index (κ1) is 30.0. The van der Waals surface area contributed by atoms with E-state index in [0.29, 0.717) is 24.6 Å². The van der Waals surface area contributed by atoms with Crippen molar-refractivity contribution in [2.75, 3.05) is 13.1 Å². The van der Waals surface area contributed by atoms with Crippen molar-refractivity contribution in [3.8, 4) is 11.6 Å². The Labute approximate surface area is 220 Å². The number of hydrogen-bond acceptors (Lipinski definition) is 9. The van der Waals surface area contributed by atoms with Crippen LogP contribution in [0.1, 0.15) is 82.7 Å². The van der Waals surface area contributed by atoms with Crippen LogP contribution in [0.15, 0.2) is 30.3 Å². The van der Waals surface area contributed by atoms with Crippen molar-refractivity contribution in [2.24, 2.45) is 5.92 Å². The van der Waals surface area contributed by atoms with Crippen LogP contribution in [-0.4, -0.2) is 51.8 Å². The molecule has 0 aliphatic carbocycles. The minimum atomic E-state index is -0.693. The maximum atomic E-state index is 12.8. The summed E-state index contributed by atoms with van der Waals surface area (Å²) in [5, 5.41) is 14.0. The summed E-state index contributed by atoms with van der Waals surface area (Å²) < 4.78 is 15.8. The van der Waals surface area contributed by atoms with Crippen molar-refractivity contribution in [1.29, 1.82) is 0 Å². The zero-order chi connectivity index (χ0) is 27.5. The summed E-state index contributed by atoms with van der Waals surface area (Å²) in [6, 6.07) is 9.51. The predicted molar refractivity (Wildman–Crippen MR) is 140 cm³/mol. The van der Waals surface area contributed by atoms with Gasteiger partial charge in [-0.05, 0) is 85.4 Å². The Hall–Kier alpha value is -3.20. The molecule has 37 heavy (non-hydrogen) atoms. The van der Waals surface area contributed by atoms with Gasteiger partial charge in [0.1, 0.15) is 23.6 Å². The molecule has 2 heterocycles. The van der Waals surface area contributed by atoms with Gasteiger partial charge in [-0.15, -0.1) is 0 Å². The summed E-state index contributed by atoms with van der Waals surface area (Å²) in [5.74, 6) is -0.163. The summed E-state index contributed by atoms with van der Waals surface area (Å²) in [6.07, 6.45) is 3.77. The number of carbonyl (C=O) groups excluding carboxylic acids is 2. The van der Waals surface area contributed by atoms with Crippen LogP contribution < -0.4 is 10.1 Å². The molecule has 0 saturated carbocycles. The van der Waals surface area contributed by atoms with Gasteiger partial charge in [-0.25, -0.2) is 9.78 Å². The first-order valence-corrected chi connectivity index (χ1v) is 12.7. The van der Waals surface area contributed by atoms with Crippen LogP contribution in [0.5, 0.6) is 11.6 Å². The van der Waals surface area contributed by atoms with Crippen molar-refractivity contribution in [3.63, 3.8) is 0 Å². The molecule has 1 aliphatic rings. The molecular weight excluding hydrogens is 474 g/mol. The Morgan fingerprint density at radius 1 is 1.05 bits per heavy atom. The molecule has 9 heteroatoms. The number of aromatic nitrogens is 2. The second-order valence-corrected chi connectivity index (χ2v) is 11.0. The van der Waals surface area contributed by atoms with Crippen molar-refractivity contribution in [2.45, 2.75) is 85.0 Å². The SMILES string of the molecule is CC(C)(C)OC(=O)c1nc(CC2CCCNCC2)nc(O)c1OCc1ccccc1.CC(C)(C)OC=O. The Morgan fingerprint density at radius 3 is 2.35 bits per heavy atom. The summed E-state index contributed by atoms with van der Waals surface area (Å²) in [5.41, 5.74) is -0.138. The smallest absolute Gasteiger partial charge is 0.361 e. The standard InChI is InChI=1S/C23H31N3O4.C5H10O2/c1-23(2,3)30-22(28)19-20(29-15-17-8-5-4-6-9-17)21(27)26-18(25-19)14-16-10-7-12-24-13-11-16;1-5(2,3)7-4-6/h4-6,8-9,16,24H,7,10-15H2,1-3H3,(H,25,26,27);4H,1-3H3. The zero-order valence-corrected chi connectivity index (χ0v) is 22.9. The van der Waals surface area contributed by atoms with Crippen LogP contribution in [0, 0.1) is 5.92 Å². The highest BCUT2D eigenvalue weighted by Gasteiger charge is 2.27. The lowest BCUT2D eigenvalue weighted by molar-refractivity contribution is -0.138. The molecule has 0 bridgehead atoms. The molecule has 0 spiro atoms. The van der Waals surface area contributed by atoms with E-state index in [4.69, 9.17) is 9.47 Å². The maximum Gasteiger partial charge on any atom is 0.361 e. The average Bonchev–Trinajstić information content (AvgIpc) is 3.06. The second-order valence-electron chi connectivity index (χ2n) is 11.0. The number of nitrogens with zero attached hydrogens (tertiary/aromatic N) is 2. The van der Waals surface area contributed by atoms with E-state index >= 15 is 0 Å². The topological polar surface area (TPSA) is 120 Å². The number of ether oxygens (including phenoxy) is 3. The third-order valence-electron chi connectivity index (χ3n) is 5.28. The van der Waals surface area contributed by atoms with Crippen LogP contribution in [0.25, 0.3) is 0 Å². The lowest BCUT2D eigenvalue weighted by Gasteiger charge is -2.21. The van der Waals surface area contributed by atoms with Gasteiger partial charge in [0.05, 0.1) is 0 Å². The highest BCUT2D eigenvalue weighted by molar-refractivity contribution is 5.91. The summed E-state index contributed by atoms with van der Waals surface area (Å²) in [7, 11) is 0. The molecule has 204 valence electrons. The second kappa shape index (κ2) is 13.9. The van der Waals surface area contributed by atoms with Gasteiger partial charge in [0.2, 0.25) is 5.75 Å². The van der Waals surface area contributed by atoms with E-state index in [1.807, 2.05) is 51.1 Å². The van der Waals surface area contributed by atoms with Crippen LogP contribution in [-0.2, 0) is 27.3 Å². The normalized spacial score (nSPS) is 16.0. The predicted octanol–water partition coefficient (Wildman–Crippen LogP) is 4.61. The molecule has 9 nitrogen and oxygen atoms in total. The summed E-state index contributed by atoms with van der Waals surface area (Å²) in [4.78, 5) is 31.1. The molecule has 1 atom stereocenters. The van der Waals surface area contributed by atoms with E-state index in [1.165, 1.54) is 0 Å². The van der Waals surface area contributed by atoms with E-state index in [-0.39, 0.29) is 29.5 Å². The monoisotopic (exact) mass is 515 g/mol. The van der Waals surface area contributed by atoms with Gasteiger partial charge >= 0.3 is 5.97 Å². The molecule has 3 rings (SSSR count). The number of rotatable bonds is 7. The van der Waals surface area contributed by atoms with Gasteiger partial charge in [0.25, 0.3) is 12.4 Å². The number of aromatic hydroxyl groups is 1. The third-order valence-corrected chi connectivity index (χ3v) is 5.28. The average molecular weight is 516 g/mol. The Bertz CT molecular complexity index is 991. The summed E-state index contributed by atoms with van der Waals surface area (Å²) in [6.45, 7) is 13.4. The van der Waals surface area contributed by atoms with Gasteiger partial charge in [0.15, 0.2) is 5.69 Å². The molecule has 1 aromatic heterocycles. The Morgan fingerprint density at radius 2 is 1.76 bits per heavy atom. The van der Waals surface area contributed by atoms with E-state index in [0.717, 1.165) is 37.9 Å². The van der Waals surface area contributed by atoms with Crippen LogP contribution in [0.2, 0.25) is 0 Å². The number of carbonyl (C=O) groups is 2. The highest BCUT2D eigenvalue weighted by atomic mass is 16.6. The third kappa shape index (κ3) is 11.6. The van der Waals surface area contributed by atoms with Gasteiger partial charge in [-0.2, -0.15) is 4.98 Å². The number of esters is 1. The molecule has 0 radical (unpaired) electrons. The van der Waals surface area contributed by atoms with Crippen molar-refractivity contribution >= 4 is 12.4 Å². The van der Waals surface area contributed by atoms with Crippen LogP contribution in [0.3, 0.4) is 0 Å². The molecule has 1 saturated heterocycles. The zero-order valence-electron chi connectivity index (χ0n) is 22.9. The fourth-order valence-corrected chi connectivity index (χ4v) is 3.60. The number of nitrogens with one attached hydrogen (secondary N) is 1. The van der Waals surface area contributed by atoms with Crippen LogP contribution in [0.4, 0.5) is 0 Å². The summed E-state index contributed by atoms with van der Waals surface area (Å²) >= 11 is 0. The van der Waals surface area contributed by atoms with Crippen LogP contribution >= 0.6 is 0 Å². The largest absolute Gasteiger partial charge is 0.491 e. The van der Waals surface area contributed by atoms with E-state index in [2.05, 4.69) is 20.0 Å². The van der Waals surface area contributed by atoms with Gasteiger partial charge < -0.3 is 24.6 Å². The van der Waals surface area contributed by atoms with Gasteiger partial charge in [0, 0.05) is 6.42 Å². The molecular formula is C28H41N3O6. The molecule has 1 aromatic carbocycles. The minimum absolute atomic E-state index is 0.0323. The highest BCUT2D eigenvalue weighted by Crippen LogP contribution is 2.31. The van der Waals surface area contributed by atoms with Gasteiger partial charge in [-0.1, -0.05) is 30.3 Å². The molecule has 2 aromatic rings. The lowest BCUT2D eigenvalue weighted by atomic mass is 9.96. The number of benzene rings is 1. The Kier molecular flexibility index (Phi) is 11.3. The quantitative estimate of drug-likeness (QED) is 0.402. The fourth-order valence-electron chi connectivity index (χ4n) is 3.60. The first-order valence-electron chi connectivity index (χ1n) is 12.7. The van der Waals surface area contributed by atoms with Crippen molar-refractivity contribution < 1.29 is 28.9 Å².